The molecule has 0 amide bonds. The second kappa shape index (κ2) is 7.12. The van der Waals surface area contributed by atoms with E-state index in [2.05, 4.69) is 51.2 Å². The summed E-state index contributed by atoms with van der Waals surface area (Å²) in [6.07, 6.45) is 5.26. The number of ether oxygens (including phenoxy) is 1. The van der Waals surface area contributed by atoms with E-state index < -0.39 is 0 Å². The first-order valence-electron chi connectivity index (χ1n) is 8.04. The molecule has 2 atom stereocenters. The Labute approximate surface area is 123 Å². The summed E-state index contributed by atoms with van der Waals surface area (Å²) in [6, 6.07) is 7.07. The Morgan fingerprint density at radius 1 is 1.25 bits per heavy atom. The minimum atomic E-state index is 0.305. The van der Waals surface area contributed by atoms with Crippen LogP contribution in [0.3, 0.4) is 0 Å². The molecule has 0 radical (unpaired) electrons. The summed E-state index contributed by atoms with van der Waals surface area (Å²) in [5, 5.41) is 3.62. The Morgan fingerprint density at radius 3 is 2.80 bits per heavy atom. The number of rotatable bonds is 7. The summed E-state index contributed by atoms with van der Waals surface area (Å²) >= 11 is 0. The molecule has 0 saturated carbocycles. The second-order valence-corrected chi connectivity index (χ2v) is 6.69. The van der Waals surface area contributed by atoms with Gasteiger partial charge in [0.1, 0.15) is 11.9 Å². The molecule has 1 aliphatic heterocycles. The highest BCUT2D eigenvalue weighted by molar-refractivity contribution is 5.40. The molecule has 1 aliphatic rings. The number of aryl methyl sites for hydroxylation is 1. The van der Waals surface area contributed by atoms with E-state index in [9.17, 15) is 0 Å². The first-order chi connectivity index (χ1) is 9.54. The van der Waals surface area contributed by atoms with Gasteiger partial charge in [0.2, 0.25) is 0 Å². The van der Waals surface area contributed by atoms with Crippen LogP contribution in [0.15, 0.2) is 18.2 Å². The SMILES string of the molecule is Cc1ccc2c(c1)CC(CNC(C)CCCC(C)C)O2. The van der Waals surface area contributed by atoms with E-state index in [4.69, 9.17) is 4.74 Å². The number of hydrogen-bond donors (Lipinski definition) is 1. The largest absolute Gasteiger partial charge is 0.488 e. The number of benzene rings is 1. The van der Waals surface area contributed by atoms with Crippen molar-refractivity contribution in [2.75, 3.05) is 6.54 Å². The zero-order valence-electron chi connectivity index (χ0n) is 13.4. The number of hydrogen-bond acceptors (Lipinski definition) is 2. The Bertz CT molecular complexity index is 427. The van der Waals surface area contributed by atoms with E-state index >= 15 is 0 Å². The molecule has 0 aliphatic carbocycles. The molecule has 0 spiro atoms. The van der Waals surface area contributed by atoms with Crippen molar-refractivity contribution in [1.82, 2.24) is 5.32 Å². The lowest BCUT2D eigenvalue weighted by Crippen LogP contribution is -2.35. The topological polar surface area (TPSA) is 21.3 Å². The van der Waals surface area contributed by atoms with E-state index in [1.807, 2.05) is 0 Å². The molecular weight excluding hydrogens is 246 g/mol. The maximum atomic E-state index is 5.99. The fourth-order valence-corrected chi connectivity index (χ4v) is 2.83. The molecule has 1 aromatic rings. The molecule has 0 saturated heterocycles. The summed E-state index contributed by atoms with van der Waals surface area (Å²) < 4.78 is 5.99. The van der Waals surface area contributed by atoms with Crippen molar-refractivity contribution in [3.63, 3.8) is 0 Å². The smallest absolute Gasteiger partial charge is 0.123 e. The molecule has 0 fully saturated rings. The Morgan fingerprint density at radius 2 is 2.05 bits per heavy atom. The molecular formula is C18H29NO. The third-order valence-electron chi connectivity index (χ3n) is 4.07. The summed E-state index contributed by atoms with van der Waals surface area (Å²) in [7, 11) is 0. The van der Waals surface area contributed by atoms with Gasteiger partial charge in [-0.2, -0.15) is 0 Å². The molecule has 0 aromatic heterocycles. The van der Waals surface area contributed by atoms with Gasteiger partial charge in [-0.05, 0) is 37.8 Å². The van der Waals surface area contributed by atoms with Crippen molar-refractivity contribution in [2.24, 2.45) is 5.92 Å². The minimum absolute atomic E-state index is 0.305. The first-order valence-corrected chi connectivity index (χ1v) is 8.04. The van der Waals surface area contributed by atoms with E-state index in [0.717, 1.165) is 24.6 Å². The van der Waals surface area contributed by atoms with Crippen LogP contribution in [0.4, 0.5) is 0 Å². The van der Waals surface area contributed by atoms with E-state index in [0.29, 0.717) is 12.1 Å². The third-order valence-corrected chi connectivity index (χ3v) is 4.07. The van der Waals surface area contributed by atoms with Gasteiger partial charge >= 0.3 is 0 Å². The predicted molar refractivity (Wildman–Crippen MR) is 85.5 cm³/mol. The van der Waals surface area contributed by atoms with E-state index in [1.165, 1.54) is 30.4 Å². The van der Waals surface area contributed by atoms with Crippen LogP contribution in [0.1, 0.15) is 51.2 Å². The second-order valence-electron chi connectivity index (χ2n) is 6.69. The Balaban J connectivity index is 1.69. The van der Waals surface area contributed by atoms with Crippen molar-refractivity contribution in [1.29, 1.82) is 0 Å². The molecule has 20 heavy (non-hydrogen) atoms. The molecule has 1 heterocycles. The molecule has 1 aromatic carbocycles. The van der Waals surface area contributed by atoms with Crippen LogP contribution in [0.5, 0.6) is 5.75 Å². The summed E-state index contributed by atoms with van der Waals surface area (Å²) in [4.78, 5) is 0. The van der Waals surface area contributed by atoms with Gasteiger partial charge in [0.25, 0.3) is 0 Å². The lowest BCUT2D eigenvalue weighted by molar-refractivity contribution is 0.221. The molecule has 2 unspecified atom stereocenters. The van der Waals surface area contributed by atoms with Crippen LogP contribution in [-0.4, -0.2) is 18.7 Å². The molecule has 2 rings (SSSR count). The third kappa shape index (κ3) is 4.52. The predicted octanol–water partition coefficient (Wildman–Crippen LogP) is 4.10. The quantitative estimate of drug-likeness (QED) is 0.809. The summed E-state index contributed by atoms with van der Waals surface area (Å²) in [5.74, 6) is 1.90. The molecule has 0 bridgehead atoms. The van der Waals surface area contributed by atoms with Crippen LogP contribution in [0.2, 0.25) is 0 Å². The molecule has 2 heteroatoms. The van der Waals surface area contributed by atoms with E-state index in [1.54, 1.807) is 0 Å². The highest BCUT2D eigenvalue weighted by atomic mass is 16.5. The van der Waals surface area contributed by atoms with Gasteiger partial charge in [0, 0.05) is 19.0 Å². The molecule has 1 N–H and O–H groups in total. The Hall–Kier alpha value is -1.02. The Kier molecular flexibility index (Phi) is 5.47. The van der Waals surface area contributed by atoms with E-state index in [-0.39, 0.29) is 0 Å². The highest BCUT2D eigenvalue weighted by Crippen LogP contribution is 2.29. The lowest BCUT2D eigenvalue weighted by atomic mass is 10.0. The van der Waals surface area contributed by atoms with Crippen molar-refractivity contribution in [3.05, 3.63) is 29.3 Å². The van der Waals surface area contributed by atoms with Crippen LogP contribution < -0.4 is 10.1 Å². The fraction of sp³-hybridized carbons (Fsp3) is 0.667. The fourth-order valence-electron chi connectivity index (χ4n) is 2.83. The number of nitrogens with one attached hydrogen (secondary N) is 1. The average molecular weight is 275 g/mol. The van der Waals surface area contributed by atoms with Gasteiger partial charge in [0.15, 0.2) is 0 Å². The maximum absolute atomic E-state index is 5.99. The van der Waals surface area contributed by atoms with Crippen molar-refractivity contribution in [2.45, 2.75) is 65.5 Å². The normalized spacial score (nSPS) is 18.9. The minimum Gasteiger partial charge on any atom is -0.488 e. The van der Waals surface area contributed by atoms with Crippen molar-refractivity contribution >= 4 is 0 Å². The van der Waals surface area contributed by atoms with Crippen LogP contribution in [0.25, 0.3) is 0 Å². The monoisotopic (exact) mass is 275 g/mol. The first kappa shape index (κ1) is 15.4. The van der Waals surface area contributed by atoms with Crippen molar-refractivity contribution in [3.8, 4) is 5.75 Å². The van der Waals surface area contributed by atoms with Crippen LogP contribution in [-0.2, 0) is 6.42 Å². The summed E-state index contributed by atoms with van der Waals surface area (Å²) in [6.45, 7) is 9.97. The maximum Gasteiger partial charge on any atom is 0.123 e. The lowest BCUT2D eigenvalue weighted by Gasteiger charge is -2.17. The molecule has 112 valence electrons. The standard InChI is InChI=1S/C18H29NO/c1-13(2)6-5-7-15(4)19-12-17-11-16-10-14(3)8-9-18(16)20-17/h8-10,13,15,17,19H,5-7,11-12H2,1-4H3. The number of fused-ring (bicyclic) bond motifs is 1. The van der Waals surface area contributed by atoms with Gasteiger partial charge in [-0.15, -0.1) is 0 Å². The van der Waals surface area contributed by atoms with Crippen LogP contribution >= 0.6 is 0 Å². The van der Waals surface area contributed by atoms with Gasteiger partial charge in [0.05, 0.1) is 0 Å². The van der Waals surface area contributed by atoms with Crippen molar-refractivity contribution < 1.29 is 4.74 Å². The zero-order valence-corrected chi connectivity index (χ0v) is 13.4. The van der Waals surface area contributed by atoms with Crippen LogP contribution in [0, 0.1) is 12.8 Å². The van der Waals surface area contributed by atoms with Gasteiger partial charge in [-0.25, -0.2) is 0 Å². The van der Waals surface area contributed by atoms with Gasteiger partial charge in [-0.3, -0.25) is 0 Å². The molecule has 2 nitrogen and oxygen atoms in total. The summed E-state index contributed by atoms with van der Waals surface area (Å²) in [5.41, 5.74) is 2.69. The van der Waals surface area contributed by atoms with Gasteiger partial charge < -0.3 is 10.1 Å². The van der Waals surface area contributed by atoms with Gasteiger partial charge in [-0.1, -0.05) is 44.4 Å². The average Bonchev–Trinajstić information content (AvgIpc) is 2.77. The highest BCUT2D eigenvalue weighted by Gasteiger charge is 2.22. The zero-order chi connectivity index (χ0) is 14.5.